The van der Waals surface area contributed by atoms with Crippen LogP contribution in [0, 0.1) is 0 Å². The van der Waals surface area contributed by atoms with Gasteiger partial charge in [0.05, 0.1) is 0 Å². The number of amides is 1. The molecule has 0 aromatic heterocycles. The van der Waals surface area contributed by atoms with Gasteiger partial charge in [0.1, 0.15) is 5.75 Å². The average Bonchev–Trinajstić information content (AvgIpc) is 2.55. The van der Waals surface area contributed by atoms with Gasteiger partial charge >= 0.3 is 6.36 Å². The summed E-state index contributed by atoms with van der Waals surface area (Å²) in [7, 11) is 3.49. The van der Waals surface area contributed by atoms with E-state index in [1.54, 1.807) is 31.3 Å². The molecule has 7 heteroatoms. The van der Waals surface area contributed by atoms with Gasteiger partial charge < -0.3 is 10.1 Å². The van der Waals surface area contributed by atoms with Crippen LogP contribution in [0.2, 0.25) is 0 Å². The van der Waals surface area contributed by atoms with Gasteiger partial charge in [-0.1, -0.05) is 24.3 Å². The van der Waals surface area contributed by atoms with Crippen molar-refractivity contribution in [2.45, 2.75) is 19.5 Å². The molecule has 2 aromatic carbocycles. The summed E-state index contributed by atoms with van der Waals surface area (Å²) in [6, 6.07) is 13.1. The lowest BCUT2D eigenvalue weighted by Crippen LogP contribution is -2.19. The Bertz CT molecular complexity index is 698. The SMILES string of the molecule is CNC(=O)c1ccc(CN(C)Cc2ccc(OC(F)(F)F)cc2)cc1. The smallest absolute Gasteiger partial charge is 0.406 e. The molecule has 0 saturated carbocycles. The predicted molar refractivity (Wildman–Crippen MR) is 88.1 cm³/mol. The van der Waals surface area contributed by atoms with Crippen LogP contribution >= 0.6 is 0 Å². The van der Waals surface area contributed by atoms with Crippen LogP contribution in [0.1, 0.15) is 21.5 Å². The van der Waals surface area contributed by atoms with E-state index in [2.05, 4.69) is 10.1 Å². The van der Waals surface area contributed by atoms with Gasteiger partial charge in [-0.15, -0.1) is 13.2 Å². The molecule has 0 atom stereocenters. The number of benzene rings is 2. The molecule has 0 aliphatic rings. The average molecular weight is 352 g/mol. The molecule has 0 aliphatic carbocycles. The lowest BCUT2D eigenvalue weighted by molar-refractivity contribution is -0.274. The molecule has 25 heavy (non-hydrogen) atoms. The Morgan fingerprint density at radius 2 is 1.48 bits per heavy atom. The van der Waals surface area contributed by atoms with Crippen LogP contribution in [-0.2, 0) is 13.1 Å². The largest absolute Gasteiger partial charge is 0.573 e. The highest BCUT2D eigenvalue weighted by molar-refractivity contribution is 5.93. The fourth-order valence-corrected chi connectivity index (χ4v) is 2.38. The number of carbonyl (C=O) groups excluding carboxylic acids is 1. The summed E-state index contributed by atoms with van der Waals surface area (Å²) < 4.78 is 40.3. The standard InChI is InChI=1S/C18H19F3N2O2/c1-22-17(24)15-7-3-13(4-8-15)11-23(2)12-14-5-9-16(10-6-14)25-18(19,20)21/h3-10H,11-12H2,1-2H3,(H,22,24). The minimum atomic E-state index is -4.68. The van der Waals surface area contributed by atoms with E-state index in [-0.39, 0.29) is 11.7 Å². The maximum Gasteiger partial charge on any atom is 0.573 e. The fraction of sp³-hybridized carbons (Fsp3) is 0.278. The maximum absolute atomic E-state index is 12.1. The molecule has 0 aliphatic heterocycles. The molecule has 0 bridgehead atoms. The van der Waals surface area contributed by atoms with E-state index in [0.29, 0.717) is 18.7 Å². The number of nitrogens with zero attached hydrogens (tertiary/aromatic N) is 1. The van der Waals surface area contributed by atoms with Crippen molar-refractivity contribution in [1.29, 1.82) is 0 Å². The Morgan fingerprint density at radius 1 is 1.00 bits per heavy atom. The van der Waals surface area contributed by atoms with Gasteiger partial charge in [0.25, 0.3) is 5.91 Å². The number of alkyl halides is 3. The molecule has 134 valence electrons. The highest BCUT2D eigenvalue weighted by Crippen LogP contribution is 2.23. The van der Waals surface area contributed by atoms with Crippen LogP contribution in [0.5, 0.6) is 5.75 Å². The first-order valence-electron chi connectivity index (χ1n) is 7.61. The van der Waals surface area contributed by atoms with Gasteiger partial charge in [-0.2, -0.15) is 0 Å². The zero-order chi connectivity index (χ0) is 18.4. The van der Waals surface area contributed by atoms with Gasteiger partial charge in [-0.25, -0.2) is 0 Å². The van der Waals surface area contributed by atoms with Crippen molar-refractivity contribution in [3.05, 3.63) is 65.2 Å². The maximum atomic E-state index is 12.1. The van der Waals surface area contributed by atoms with Crippen molar-refractivity contribution in [2.24, 2.45) is 0 Å². The summed E-state index contributed by atoms with van der Waals surface area (Å²) in [4.78, 5) is 13.5. The van der Waals surface area contributed by atoms with E-state index in [0.717, 1.165) is 11.1 Å². The molecule has 2 rings (SSSR count). The molecule has 0 unspecified atom stereocenters. The van der Waals surface area contributed by atoms with Crippen LogP contribution in [-0.4, -0.2) is 31.3 Å². The number of ether oxygens (including phenoxy) is 1. The molecule has 1 amide bonds. The van der Waals surface area contributed by atoms with Crippen LogP contribution in [0.4, 0.5) is 13.2 Å². The van der Waals surface area contributed by atoms with Crippen molar-refractivity contribution < 1.29 is 22.7 Å². The fourth-order valence-electron chi connectivity index (χ4n) is 2.38. The third kappa shape index (κ3) is 6.11. The molecule has 0 saturated heterocycles. The first-order chi connectivity index (χ1) is 11.8. The zero-order valence-electron chi connectivity index (χ0n) is 13.9. The number of nitrogens with one attached hydrogen (secondary N) is 1. The molecule has 1 N–H and O–H groups in total. The number of carbonyl (C=O) groups is 1. The van der Waals surface area contributed by atoms with E-state index in [4.69, 9.17) is 0 Å². The highest BCUT2D eigenvalue weighted by Gasteiger charge is 2.30. The van der Waals surface area contributed by atoms with Gasteiger partial charge in [0, 0.05) is 25.7 Å². The number of hydrogen-bond acceptors (Lipinski definition) is 3. The van der Waals surface area contributed by atoms with E-state index in [1.165, 1.54) is 12.1 Å². The van der Waals surface area contributed by atoms with Crippen molar-refractivity contribution in [3.63, 3.8) is 0 Å². The van der Waals surface area contributed by atoms with E-state index >= 15 is 0 Å². The topological polar surface area (TPSA) is 41.6 Å². The highest BCUT2D eigenvalue weighted by atomic mass is 19.4. The Kier molecular flexibility index (Phi) is 6.03. The Labute approximate surface area is 144 Å². The lowest BCUT2D eigenvalue weighted by atomic mass is 10.1. The summed E-state index contributed by atoms with van der Waals surface area (Å²) in [5.41, 5.74) is 2.50. The molecular weight excluding hydrogens is 333 g/mol. The summed E-state index contributed by atoms with van der Waals surface area (Å²) in [6.45, 7) is 1.22. The molecule has 0 spiro atoms. The summed E-state index contributed by atoms with van der Waals surface area (Å²) in [6.07, 6.45) is -4.68. The molecule has 0 heterocycles. The number of halogens is 3. The van der Waals surface area contributed by atoms with Gasteiger partial charge in [-0.3, -0.25) is 9.69 Å². The normalized spacial score (nSPS) is 11.4. The lowest BCUT2D eigenvalue weighted by Gasteiger charge is -2.17. The molecule has 4 nitrogen and oxygen atoms in total. The molecular formula is C18H19F3N2O2. The number of rotatable bonds is 6. The first kappa shape index (κ1) is 18.8. The molecule has 2 aromatic rings. The zero-order valence-corrected chi connectivity index (χ0v) is 13.9. The summed E-state index contributed by atoms with van der Waals surface area (Å²) in [5.74, 6) is -0.371. The van der Waals surface area contributed by atoms with Crippen molar-refractivity contribution in [2.75, 3.05) is 14.1 Å². The quantitative estimate of drug-likeness (QED) is 0.864. The second kappa shape index (κ2) is 8.02. The monoisotopic (exact) mass is 352 g/mol. The first-order valence-corrected chi connectivity index (χ1v) is 7.61. The third-order valence-corrected chi connectivity index (χ3v) is 3.51. The van der Waals surface area contributed by atoms with E-state index < -0.39 is 6.36 Å². The third-order valence-electron chi connectivity index (χ3n) is 3.51. The van der Waals surface area contributed by atoms with Crippen molar-refractivity contribution in [3.8, 4) is 5.75 Å². The summed E-state index contributed by atoms with van der Waals surface area (Å²) in [5, 5.41) is 2.56. The van der Waals surface area contributed by atoms with E-state index in [1.807, 2.05) is 24.1 Å². The minimum Gasteiger partial charge on any atom is -0.406 e. The molecule has 0 radical (unpaired) electrons. The summed E-state index contributed by atoms with van der Waals surface area (Å²) >= 11 is 0. The van der Waals surface area contributed by atoms with Crippen LogP contribution in [0.15, 0.2) is 48.5 Å². The Balaban J connectivity index is 1.91. The van der Waals surface area contributed by atoms with Crippen LogP contribution in [0.25, 0.3) is 0 Å². The van der Waals surface area contributed by atoms with Crippen LogP contribution in [0.3, 0.4) is 0 Å². The second-order valence-corrected chi connectivity index (χ2v) is 5.64. The van der Waals surface area contributed by atoms with Gasteiger partial charge in [0.15, 0.2) is 0 Å². The molecule has 0 fully saturated rings. The van der Waals surface area contributed by atoms with Gasteiger partial charge in [-0.05, 0) is 42.4 Å². The minimum absolute atomic E-state index is 0.138. The predicted octanol–water partition coefficient (Wildman–Crippen LogP) is 3.58. The second-order valence-electron chi connectivity index (χ2n) is 5.64. The Morgan fingerprint density at radius 3 is 1.92 bits per heavy atom. The number of hydrogen-bond donors (Lipinski definition) is 1. The van der Waals surface area contributed by atoms with E-state index in [9.17, 15) is 18.0 Å². The Hall–Kier alpha value is -2.54. The van der Waals surface area contributed by atoms with Crippen molar-refractivity contribution >= 4 is 5.91 Å². The van der Waals surface area contributed by atoms with Gasteiger partial charge in [0.2, 0.25) is 0 Å². The van der Waals surface area contributed by atoms with Crippen LogP contribution < -0.4 is 10.1 Å². The van der Waals surface area contributed by atoms with Crippen molar-refractivity contribution in [1.82, 2.24) is 10.2 Å².